The first-order valence-electron chi connectivity index (χ1n) is 7.54. The van der Waals surface area contributed by atoms with Gasteiger partial charge in [0.1, 0.15) is 6.61 Å². The summed E-state index contributed by atoms with van der Waals surface area (Å²) in [5.41, 5.74) is 1.09. The van der Waals surface area contributed by atoms with Crippen molar-refractivity contribution in [2.24, 2.45) is 11.8 Å². The maximum Gasteiger partial charge on any atom is 0.416 e. The Bertz CT molecular complexity index is 461. The third-order valence-corrected chi connectivity index (χ3v) is 3.86. The highest BCUT2D eigenvalue weighted by atomic mass is 16.6. The van der Waals surface area contributed by atoms with Crippen molar-refractivity contribution in [3.63, 3.8) is 0 Å². The van der Waals surface area contributed by atoms with Crippen molar-refractivity contribution < 1.29 is 19.4 Å². The molecule has 5 heteroatoms. The van der Waals surface area contributed by atoms with E-state index in [9.17, 15) is 9.59 Å². The van der Waals surface area contributed by atoms with Crippen LogP contribution in [0.5, 0.6) is 0 Å². The molecular weight excluding hydrogens is 282 g/mol. The summed E-state index contributed by atoms with van der Waals surface area (Å²) in [5.74, 6) is 1.07. The third kappa shape index (κ3) is 5.48. The van der Waals surface area contributed by atoms with Crippen LogP contribution in [0, 0.1) is 11.8 Å². The van der Waals surface area contributed by atoms with E-state index >= 15 is 0 Å². The number of aliphatic hydroxyl groups excluding tert-OH is 1. The SMILES string of the molecule is CC(C)[C@@H](C)CO.O=CN1C(=O)OC[C@@H]1Cc1ccccc1. The van der Waals surface area contributed by atoms with Crippen LogP contribution in [0.4, 0.5) is 4.79 Å². The minimum Gasteiger partial charge on any atom is -0.447 e. The number of hydrogen-bond acceptors (Lipinski definition) is 4. The van der Waals surface area contributed by atoms with E-state index in [4.69, 9.17) is 9.84 Å². The normalized spacial score (nSPS) is 18.5. The Hall–Kier alpha value is -1.88. The molecule has 1 saturated heterocycles. The predicted molar refractivity (Wildman–Crippen MR) is 84.3 cm³/mol. The number of imide groups is 1. The summed E-state index contributed by atoms with van der Waals surface area (Å²) in [7, 11) is 0. The number of aliphatic hydroxyl groups is 1. The molecule has 0 radical (unpaired) electrons. The van der Waals surface area contributed by atoms with Gasteiger partial charge in [-0.05, 0) is 23.8 Å². The molecule has 2 atom stereocenters. The van der Waals surface area contributed by atoms with E-state index in [-0.39, 0.29) is 12.6 Å². The van der Waals surface area contributed by atoms with E-state index in [2.05, 4.69) is 13.8 Å². The molecule has 5 nitrogen and oxygen atoms in total. The lowest BCUT2D eigenvalue weighted by Gasteiger charge is -2.13. The maximum atomic E-state index is 11.1. The standard InChI is InChI=1S/C11H11NO3.C6H14O/c13-8-12-10(7-15-11(12)14)6-9-4-2-1-3-5-9;1-5(2)6(3)4-7/h1-5,8,10H,6-7H2;5-7H,4H2,1-3H3/t10-;6-/m00/s1. The first kappa shape index (κ1) is 18.2. The summed E-state index contributed by atoms with van der Waals surface area (Å²) in [5, 5.41) is 8.51. The summed E-state index contributed by atoms with van der Waals surface area (Å²) in [6.07, 6.45) is 0.625. The molecular formula is C17H25NO4. The number of carbonyl (C=O) groups excluding carboxylic acids is 2. The molecule has 1 heterocycles. The monoisotopic (exact) mass is 307 g/mol. The molecule has 1 aromatic carbocycles. The maximum absolute atomic E-state index is 11.1. The Kier molecular flexibility index (Phi) is 7.60. The highest BCUT2D eigenvalue weighted by Gasteiger charge is 2.32. The Balaban J connectivity index is 0.000000295. The number of cyclic esters (lactones) is 1. The summed E-state index contributed by atoms with van der Waals surface area (Å²) in [6, 6.07) is 9.54. The molecule has 22 heavy (non-hydrogen) atoms. The summed E-state index contributed by atoms with van der Waals surface area (Å²) in [4.78, 5) is 22.8. The van der Waals surface area contributed by atoms with Crippen LogP contribution in [0.15, 0.2) is 30.3 Å². The fraction of sp³-hybridized carbons (Fsp3) is 0.529. The number of nitrogens with zero attached hydrogens (tertiary/aromatic N) is 1. The van der Waals surface area contributed by atoms with Crippen LogP contribution in [-0.2, 0) is 16.0 Å². The van der Waals surface area contributed by atoms with Gasteiger partial charge in [-0.2, -0.15) is 0 Å². The number of hydrogen-bond donors (Lipinski definition) is 1. The highest BCUT2D eigenvalue weighted by Crippen LogP contribution is 2.15. The Morgan fingerprint density at radius 3 is 2.41 bits per heavy atom. The first-order valence-corrected chi connectivity index (χ1v) is 7.54. The minimum atomic E-state index is -0.550. The van der Waals surface area contributed by atoms with Crippen LogP contribution in [0.3, 0.4) is 0 Å². The lowest BCUT2D eigenvalue weighted by atomic mass is 10.00. The Morgan fingerprint density at radius 2 is 1.95 bits per heavy atom. The molecule has 122 valence electrons. The molecule has 2 amide bonds. The van der Waals surface area contributed by atoms with E-state index < -0.39 is 6.09 Å². The number of benzene rings is 1. The average Bonchev–Trinajstić information content (AvgIpc) is 2.87. The summed E-state index contributed by atoms with van der Waals surface area (Å²) < 4.78 is 4.80. The second-order valence-electron chi connectivity index (χ2n) is 5.84. The van der Waals surface area contributed by atoms with Crippen LogP contribution in [0.1, 0.15) is 26.3 Å². The van der Waals surface area contributed by atoms with Crippen molar-refractivity contribution in [3.05, 3.63) is 35.9 Å². The molecule has 1 aromatic rings. The van der Waals surface area contributed by atoms with Crippen LogP contribution in [0.2, 0.25) is 0 Å². The smallest absolute Gasteiger partial charge is 0.416 e. The molecule has 0 aromatic heterocycles. The third-order valence-electron chi connectivity index (χ3n) is 3.86. The number of carbonyl (C=O) groups is 2. The zero-order valence-corrected chi connectivity index (χ0v) is 13.4. The van der Waals surface area contributed by atoms with Crippen LogP contribution in [0.25, 0.3) is 0 Å². The van der Waals surface area contributed by atoms with Gasteiger partial charge in [-0.1, -0.05) is 51.1 Å². The van der Waals surface area contributed by atoms with Crippen LogP contribution >= 0.6 is 0 Å². The van der Waals surface area contributed by atoms with Crippen molar-refractivity contribution in [1.82, 2.24) is 4.90 Å². The zero-order chi connectivity index (χ0) is 16.5. The Labute approximate surface area is 131 Å². The quantitative estimate of drug-likeness (QED) is 0.849. The number of amides is 2. The molecule has 0 spiro atoms. The van der Waals surface area contributed by atoms with Crippen molar-refractivity contribution in [3.8, 4) is 0 Å². The molecule has 0 aliphatic carbocycles. The second kappa shape index (κ2) is 9.20. The highest BCUT2D eigenvalue weighted by molar-refractivity contribution is 5.82. The topological polar surface area (TPSA) is 66.8 Å². The summed E-state index contributed by atoms with van der Waals surface area (Å²) in [6.45, 7) is 6.87. The van der Waals surface area contributed by atoms with Gasteiger partial charge in [0.05, 0.1) is 6.04 Å². The van der Waals surface area contributed by atoms with Gasteiger partial charge in [-0.3, -0.25) is 4.79 Å². The van der Waals surface area contributed by atoms with Gasteiger partial charge in [0, 0.05) is 6.61 Å². The molecule has 1 aliphatic heterocycles. The van der Waals surface area contributed by atoms with Gasteiger partial charge in [-0.15, -0.1) is 0 Å². The molecule has 0 unspecified atom stereocenters. The van der Waals surface area contributed by atoms with Gasteiger partial charge in [-0.25, -0.2) is 9.69 Å². The average molecular weight is 307 g/mol. The van der Waals surface area contributed by atoms with E-state index in [1.54, 1.807) is 0 Å². The predicted octanol–water partition coefficient (Wildman–Crippen LogP) is 2.48. The van der Waals surface area contributed by atoms with Crippen LogP contribution < -0.4 is 0 Å². The first-order chi connectivity index (χ1) is 10.5. The zero-order valence-electron chi connectivity index (χ0n) is 13.4. The van der Waals surface area contributed by atoms with Crippen molar-refractivity contribution in [1.29, 1.82) is 0 Å². The fourth-order valence-corrected chi connectivity index (χ4v) is 1.85. The number of rotatable bonds is 5. The molecule has 0 saturated carbocycles. The largest absolute Gasteiger partial charge is 0.447 e. The van der Waals surface area contributed by atoms with E-state index in [1.165, 1.54) is 0 Å². The minimum absolute atomic E-state index is 0.169. The Morgan fingerprint density at radius 1 is 1.32 bits per heavy atom. The summed E-state index contributed by atoms with van der Waals surface area (Å²) >= 11 is 0. The molecule has 1 aliphatic rings. The van der Waals surface area contributed by atoms with E-state index in [0.29, 0.717) is 31.3 Å². The van der Waals surface area contributed by atoms with Gasteiger partial charge in [0.25, 0.3) is 0 Å². The molecule has 0 bridgehead atoms. The van der Waals surface area contributed by atoms with Crippen LogP contribution in [-0.4, -0.2) is 41.8 Å². The molecule has 1 fully saturated rings. The second-order valence-corrected chi connectivity index (χ2v) is 5.84. The fourth-order valence-electron chi connectivity index (χ4n) is 1.85. The van der Waals surface area contributed by atoms with Crippen molar-refractivity contribution in [2.45, 2.75) is 33.2 Å². The van der Waals surface area contributed by atoms with Gasteiger partial charge < -0.3 is 9.84 Å². The van der Waals surface area contributed by atoms with Crippen molar-refractivity contribution in [2.75, 3.05) is 13.2 Å². The van der Waals surface area contributed by atoms with E-state index in [0.717, 1.165) is 10.5 Å². The molecule has 1 N–H and O–H groups in total. The van der Waals surface area contributed by atoms with Gasteiger partial charge in [0.15, 0.2) is 0 Å². The lowest BCUT2D eigenvalue weighted by Crippen LogP contribution is -2.33. The van der Waals surface area contributed by atoms with Gasteiger partial charge >= 0.3 is 6.09 Å². The van der Waals surface area contributed by atoms with Gasteiger partial charge in [0.2, 0.25) is 6.41 Å². The van der Waals surface area contributed by atoms with Crippen molar-refractivity contribution >= 4 is 12.5 Å². The lowest BCUT2D eigenvalue weighted by molar-refractivity contribution is -0.116. The molecule has 2 rings (SSSR count). The van der Waals surface area contributed by atoms with E-state index in [1.807, 2.05) is 37.3 Å². The number of ether oxygens (including phenoxy) is 1.